The zero-order chi connectivity index (χ0) is 18.9. The molecule has 6 rings (SSSR count). The van der Waals surface area contributed by atoms with Gasteiger partial charge in [-0.2, -0.15) is 0 Å². The van der Waals surface area contributed by atoms with Crippen LogP contribution in [0, 0.1) is 22.0 Å². The van der Waals surface area contributed by atoms with Crippen molar-refractivity contribution in [1.82, 2.24) is 0 Å². The van der Waals surface area contributed by atoms with Crippen molar-refractivity contribution in [1.29, 1.82) is 0 Å². The smallest absolute Gasteiger partial charge is 0.271 e. The van der Waals surface area contributed by atoms with Crippen LogP contribution in [0.25, 0.3) is 0 Å². The first-order valence-corrected chi connectivity index (χ1v) is 8.73. The van der Waals surface area contributed by atoms with E-state index in [9.17, 15) is 24.5 Å². The lowest BCUT2D eigenvalue weighted by Crippen LogP contribution is -2.44. The summed E-state index contributed by atoms with van der Waals surface area (Å²) in [5.74, 6) is -3.07. The number of nitrogens with zero attached hydrogens (tertiary/aromatic N) is 2. The molecule has 2 fully saturated rings. The van der Waals surface area contributed by atoms with Crippen molar-refractivity contribution in [2.75, 3.05) is 4.90 Å². The highest BCUT2D eigenvalue weighted by atomic mass is 16.6. The van der Waals surface area contributed by atoms with Crippen molar-refractivity contribution in [3.05, 3.63) is 69.8 Å². The molecular weight excluding hydrogens is 348 g/mol. The van der Waals surface area contributed by atoms with Crippen LogP contribution in [0.1, 0.15) is 29.4 Å². The van der Waals surface area contributed by atoms with Crippen LogP contribution in [0.15, 0.2) is 48.5 Å². The standard InChI is InChI=1S/C20H14N2O5/c23-15-9-14-12-6-1-2-7-13(12)16(15)18-17(14)19(24)21(20(18)25)10-4-3-5-11(8-10)22(26)27/h1-8,14,16-18H,9H2. The molecular formula is C20H14N2O5. The van der Waals surface area contributed by atoms with Crippen molar-refractivity contribution in [2.24, 2.45) is 11.8 Å². The van der Waals surface area contributed by atoms with E-state index in [-0.39, 0.29) is 35.4 Å². The largest absolute Gasteiger partial charge is 0.299 e. The number of non-ortho nitro benzene ring substituents is 1. The number of rotatable bonds is 2. The second-order valence-electron chi connectivity index (χ2n) is 7.22. The number of nitro groups is 1. The number of Topliss-reactive ketones (excluding diaryl/α,β-unsaturated/α-hetero) is 1. The summed E-state index contributed by atoms with van der Waals surface area (Å²) in [4.78, 5) is 50.5. The lowest BCUT2D eigenvalue weighted by atomic mass is 9.56. The molecule has 1 saturated heterocycles. The predicted octanol–water partition coefficient (Wildman–Crippen LogP) is 2.55. The molecule has 134 valence electrons. The van der Waals surface area contributed by atoms with E-state index in [0.29, 0.717) is 0 Å². The van der Waals surface area contributed by atoms with E-state index in [0.717, 1.165) is 16.0 Å². The van der Waals surface area contributed by atoms with Gasteiger partial charge in [-0.3, -0.25) is 24.5 Å². The number of amides is 2. The van der Waals surface area contributed by atoms with Crippen LogP contribution >= 0.6 is 0 Å². The second-order valence-corrected chi connectivity index (χ2v) is 7.22. The van der Waals surface area contributed by atoms with Crippen molar-refractivity contribution in [3.8, 4) is 0 Å². The van der Waals surface area contributed by atoms with Crippen molar-refractivity contribution in [2.45, 2.75) is 18.3 Å². The van der Waals surface area contributed by atoms with Crippen LogP contribution in [-0.2, 0) is 14.4 Å². The van der Waals surface area contributed by atoms with E-state index >= 15 is 0 Å². The minimum Gasteiger partial charge on any atom is -0.299 e. The molecule has 27 heavy (non-hydrogen) atoms. The minimum atomic E-state index is -0.724. The van der Waals surface area contributed by atoms with Gasteiger partial charge in [0.25, 0.3) is 5.69 Å². The number of benzene rings is 2. The number of ketones is 1. The molecule has 3 aliphatic carbocycles. The van der Waals surface area contributed by atoms with Crippen molar-refractivity contribution < 1.29 is 19.3 Å². The van der Waals surface area contributed by atoms with E-state index in [1.807, 2.05) is 24.3 Å². The first-order chi connectivity index (χ1) is 13.0. The Kier molecular flexibility index (Phi) is 3.13. The Labute approximate surface area is 153 Å². The van der Waals surface area contributed by atoms with Gasteiger partial charge in [0.05, 0.1) is 28.4 Å². The molecule has 7 nitrogen and oxygen atoms in total. The van der Waals surface area contributed by atoms with Crippen LogP contribution in [0.5, 0.6) is 0 Å². The molecule has 1 heterocycles. The Morgan fingerprint density at radius 1 is 0.926 bits per heavy atom. The number of nitro benzene ring substituents is 1. The third kappa shape index (κ3) is 1.99. The van der Waals surface area contributed by atoms with Gasteiger partial charge in [0.2, 0.25) is 11.8 Å². The summed E-state index contributed by atoms with van der Waals surface area (Å²) < 4.78 is 0. The molecule has 0 spiro atoms. The molecule has 2 aromatic rings. The fourth-order valence-corrected chi connectivity index (χ4v) is 4.96. The number of hydrogen-bond acceptors (Lipinski definition) is 5. The number of imide groups is 1. The Balaban J connectivity index is 1.63. The average Bonchev–Trinajstić information content (AvgIpc) is 2.94. The van der Waals surface area contributed by atoms with Gasteiger partial charge in [0, 0.05) is 24.5 Å². The summed E-state index contributed by atoms with van der Waals surface area (Å²) in [5, 5.41) is 11.1. The van der Waals surface area contributed by atoms with Gasteiger partial charge < -0.3 is 0 Å². The van der Waals surface area contributed by atoms with Crippen LogP contribution in [0.4, 0.5) is 11.4 Å². The summed E-state index contributed by atoms with van der Waals surface area (Å²) in [6.07, 6.45) is 0.255. The highest BCUT2D eigenvalue weighted by Crippen LogP contribution is 2.57. The second kappa shape index (κ2) is 5.33. The third-order valence-electron chi connectivity index (χ3n) is 5.99. The number of carbonyl (C=O) groups is 3. The number of fused-ring (bicyclic) bond motifs is 1. The molecule has 0 N–H and O–H groups in total. The lowest BCUT2D eigenvalue weighted by Gasteiger charge is -2.43. The van der Waals surface area contributed by atoms with E-state index in [4.69, 9.17) is 0 Å². The van der Waals surface area contributed by atoms with Gasteiger partial charge in [0.15, 0.2) is 0 Å². The number of hydrogen-bond donors (Lipinski definition) is 0. The first-order valence-electron chi connectivity index (χ1n) is 8.73. The van der Waals surface area contributed by atoms with Gasteiger partial charge in [-0.1, -0.05) is 30.3 Å². The van der Waals surface area contributed by atoms with Gasteiger partial charge in [-0.15, -0.1) is 0 Å². The maximum Gasteiger partial charge on any atom is 0.271 e. The quantitative estimate of drug-likeness (QED) is 0.465. The molecule has 4 aliphatic rings. The average molecular weight is 362 g/mol. The minimum absolute atomic E-state index is 0.0120. The van der Waals surface area contributed by atoms with Crippen LogP contribution in [-0.4, -0.2) is 22.5 Å². The molecule has 4 atom stereocenters. The summed E-state index contributed by atoms with van der Waals surface area (Å²) in [5.41, 5.74) is 1.79. The molecule has 0 radical (unpaired) electrons. The van der Waals surface area contributed by atoms with Gasteiger partial charge in [-0.05, 0) is 17.2 Å². The number of carbonyl (C=O) groups excluding carboxylic acids is 3. The Bertz CT molecular complexity index is 1050. The van der Waals surface area contributed by atoms with E-state index in [1.54, 1.807) is 0 Å². The summed E-state index contributed by atoms with van der Waals surface area (Å²) in [6, 6.07) is 13.0. The fraction of sp³-hybridized carbons (Fsp3) is 0.250. The van der Waals surface area contributed by atoms with E-state index in [1.165, 1.54) is 24.3 Å². The van der Waals surface area contributed by atoms with Gasteiger partial charge in [0.1, 0.15) is 5.78 Å². The molecule has 0 aromatic heterocycles. The monoisotopic (exact) mass is 362 g/mol. The summed E-state index contributed by atoms with van der Waals surface area (Å²) in [6.45, 7) is 0. The lowest BCUT2D eigenvalue weighted by molar-refractivity contribution is -0.384. The SMILES string of the molecule is O=C1CC2c3ccccc3C1C1C(=O)N(c3cccc([N+](=O)[O-])c3)C(=O)C21. The third-order valence-corrected chi connectivity index (χ3v) is 5.99. The van der Waals surface area contributed by atoms with E-state index in [2.05, 4.69) is 0 Å². The van der Waals surface area contributed by atoms with Crippen LogP contribution in [0.2, 0.25) is 0 Å². The van der Waals surface area contributed by atoms with Crippen LogP contribution < -0.4 is 4.90 Å². The molecule has 2 amide bonds. The predicted molar refractivity (Wildman–Crippen MR) is 94.1 cm³/mol. The molecule has 2 bridgehead atoms. The molecule has 7 heteroatoms. The Morgan fingerprint density at radius 3 is 2.37 bits per heavy atom. The maximum absolute atomic E-state index is 13.2. The first kappa shape index (κ1) is 15.9. The highest BCUT2D eigenvalue weighted by molar-refractivity contribution is 6.24. The van der Waals surface area contributed by atoms with Crippen LogP contribution in [0.3, 0.4) is 0 Å². The molecule has 4 unspecified atom stereocenters. The highest BCUT2D eigenvalue weighted by Gasteiger charge is 2.62. The summed E-state index contributed by atoms with van der Waals surface area (Å²) >= 11 is 0. The molecule has 2 aromatic carbocycles. The fourth-order valence-electron chi connectivity index (χ4n) is 4.96. The van der Waals surface area contributed by atoms with Crippen molar-refractivity contribution >= 4 is 29.0 Å². The maximum atomic E-state index is 13.2. The zero-order valence-electron chi connectivity index (χ0n) is 14.1. The Hall–Kier alpha value is -3.35. The topological polar surface area (TPSA) is 97.6 Å². The summed E-state index contributed by atoms with van der Waals surface area (Å²) in [7, 11) is 0. The van der Waals surface area contributed by atoms with E-state index < -0.39 is 28.6 Å². The Morgan fingerprint density at radius 2 is 1.63 bits per heavy atom. The number of anilines is 1. The molecule has 1 aliphatic heterocycles. The molecule has 1 saturated carbocycles. The van der Waals surface area contributed by atoms with Gasteiger partial charge in [-0.25, -0.2) is 4.90 Å². The van der Waals surface area contributed by atoms with Crippen molar-refractivity contribution in [3.63, 3.8) is 0 Å². The normalized spacial score (nSPS) is 28.3. The zero-order valence-corrected chi connectivity index (χ0v) is 14.1. The van der Waals surface area contributed by atoms with Gasteiger partial charge >= 0.3 is 0 Å².